The van der Waals surface area contributed by atoms with Gasteiger partial charge in [-0.2, -0.15) is 5.10 Å². The second-order valence-electron chi connectivity index (χ2n) is 6.89. The number of benzene rings is 2. The van der Waals surface area contributed by atoms with Crippen LogP contribution in [0.3, 0.4) is 0 Å². The van der Waals surface area contributed by atoms with Crippen LogP contribution in [-0.2, 0) is 0 Å². The number of hydrogen-bond acceptors (Lipinski definition) is 3. The summed E-state index contributed by atoms with van der Waals surface area (Å²) in [7, 11) is 0. The van der Waals surface area contributed by atoms with Gasteiger partial charge in [-0.15, -0.1) is 0 Å². The first-order valence-corrected chi connectivity index (χ1v) is 9.92. The smallest absolute Gasteiger partial charge is 0.254 e. The number of aromatic nitrogens is 2. The molecule has 0 aliphatic rings. The highest BCUT2D eigenvalue weighted by Gasteiger charge is 2.21. The third kappa shape index (κ3) is 4.71. The standard InChI is InChI=1S/C23H27FN4O/c1-4-27(5-2)22(18-9-7-6-8-10-18)16-25-23(29)21-15-26-28(17(21)3)20-13-11-19(24)12-14-20/h6-15,22H,4-5,16H2,1-3H3,(H,25,29). The zero-order chi connectivity index (χ0) is 20.8. The van der Waals surface area contributed by atoms with Gasteiger partial charge < -0.3 is 5.32 Å². The molecule has 0 radical (unpaired) electrons. The van der Waals surface area contributed by atoms with Crippen molar-refractivity contribution in [3.05, 3.63) is 83.4 Å². The second-order valence-corrected chi connectivity index (χ2v) is 6.89. The number of carbonyl (C=O) groups excluding carboxylic acids is 1. The molecule has 29 heavy (non-hydrogen) atoms. The van der Waals surface area contributed by atoms with E-state index < -0.39 is 0 Å². The van der Waals surface area contributed by atoms with Crippen molar-refractivity contribution in [1.82, 2.24) is 20.0 Å². The highest BCUT2D eigenvalue weighted by atomic mass is 19.1. The SMILES string of the molecule is CCN(CC)C(CNC(=O)c1cnn(-c2ccc(F)cc2)c1C)c1ccccc1. The molecule has 6 heteroatoms. The van der Waals surface area contributed by atoms with Crippen molar-refractivity contribution in [2.24, 2.45) is 0 Å². The van der Waals surface area contributed by atoms with Crippen molar-refractivity contribution in [2.45, 2.75) is 26.8 Å². The van der Waals surface area contributed by atoms with Gasteiger partial charge in [0.1, 0.15) is 5.82 Å². The van der Waals surface area contributed by atoms with Crippen molar-refractivity contribution in [2.75, 3.05) is 19.6 Å². The van der Waals surface area contributed by atoms with Gasteiger partial charge in [0.05, 0.1) is 29.2 Å². The Balaban J connectivity index is 1.76. The molecule has 1 unspecified atom stereocenters. The van der Waals surface area contributed by atoms with Crippen molar-refractivity contribution >= 4 is 5.91 Å². The van der Waals surface area contributed by atoms with Crippen LogP contribution in [0, 0.1) is 12.7 Å². The molecule has 0 saturated carbocycles. The first kappa shape index (κ1) is 20.7. The quantitative estimate of drug-likeness (QED) is 0.625. The average molecular weight is 394 g/mol. The Morgan fingerprint density at radius 1 is 1.10 bits per heavy atom. The summed E-state index contributed by atoms with van der Waals surface area (Å²) in [6, 6.07) is 16.4. The Kier molecular flexibility index (Phi) is 6.77. The molecule has 3 aromatic rings. The summed E-state index contributed by atoms with van der Waals surface area (Å²) in [6.45, 7) is 8.38. The van der Waals surface area contributed by atoms with Gasteiger partial charge in [-0.05, 0) is 49.8 Å². The van der Waals surface area contributed by atoms with Crippen LogP contribution in [0.15, 0.2) is 60.8 Å². The van der Waals surface area contributed by atoms with Crippen molar-refractivity contribution in [3.63, 3.8) is 0 Å². The van der Waals surface area contributed by atoms with Crippen LogP contribution in [0.5, 0.6) is 0 Å². The lowest BCUT2D eigenvalue weighted by Crippen LogP contribution is -2.38. The molecule has 1 aromatic heterocycles. The zero-order valence-electron chi connectivity index (χ0n) is 17.1. The maximum Gasteiger partial charge on any atom is 0.254 e. The van der Waals surface area contributed by atoms with E-state index in [1.807, 2.05) is 25.1 Å². The summed E-state index contributed by atoms with van der Waals surface area (Å²) in [6.07, 6.45) is 1.56. The maximum atomic E-state index is 13.2. The van der Waals surface area contributed by atoms with Crippen LogP contribution in [0.25, 0.3) is 5.69 Å². The van der Waals surface area contributed by atoms with Crippen LogP contribution in [-0.4, -0.2) is 40.2 Å². The van der Waals surface area contributed by atoms with Crippen LogP contribution in [0.2, 0.25) is 0 Å². The minimum atomic E-state index is -0.306. The number of rotatable bonds is 8. The molecule has 0 spiro atoms. The van der Waals surface area contributed by atoms with Crippen molar-refractivity contribution < 1.29 is 9.18 Å². The van der Waals surface area contributed by atoms with Crippen LogP contribution >= 0.6 is 0 Å². The minimum absolute atomic E-state index is 0.0996. The van der Waals surface area contributed by atoms with E-state index in [0.717, 1.165) is 13.1 Å². The van der Waals surface area contributed by atoms with Gasteiger partial charge in [0.2, 0.25) is 0 Å². The second kappa shape index (κ2) is 9.47. The van der Waals surface area contributed by atoms with Gasteiger partial charge in [0, 0.05) is 6.54 Å². The molecule has 0 fully saturated rings. The lowest BCUT2D eigenvalue weighted by molar-refractivity contribution is 0.0934. The Labute approximate surface area is 171 Å². The number of halogens is 1. The molecule has 3 rings (SSSR count). The van der Waals surface area contributed by atoms with E-state index >= 15 is 0 Å². The fraction of sp³-hybridized carbons (Fsp3) is 0.304. The summed E-state index contributed by atoms with van der Waals surface area (Å²) in [5.41, 5.74) is 3.12. The van der Waals surface area contributed by atoms with E-state index in [2.05, 4.69) is 41.3 Å². The van der Waals surface area contributed by atoms with E-state index in [1.165, 1.54) is 17.7 Å². The normalized spacial score (nSPS) is 12.2. The van der Waals surface area contributed by atoms with E-state index in [0.29, 0.717) is 23.5 Å². The summed E-state index contributed by atoms with van der Waals surface area (Å²) in [5.74, 6) is -0.469. The van der Waals surface area contributed by atoms with E-state index in [9.17, 15) is 9.18 Å². The van der Waals surface area contributed by atoms with E-state index in [1.54, 1.807) is 23.0 Å². The van der Waals surface area contributed by atoms with Gasteiger partial charge in [0.25, 0.3) is 5.91 Å². The molecule has 1 atom stereocenters. The van der Waals surface area contributed by atoms with Gasteiger partial charge in [0.15, 0.2) is 0 Å². The molecule has 5 nitrogen and oxygen atoms in total. The molecule has 0 bridgehead atoms. The summed E-state index contributed by atoms with van der Waals surface area (Å²) < 4.78 is 14.8. The number of nitrogens with one attached hydrogen (secondary N) is 1. The molecule has 1 heterocycles. The third-order valence-electron chi connectivity index (χ3n) is 5.22. The first-order valence-electron chi connectivity index (χ1n) is 9.92. The number of hydrogen-bond donors (Lipinski definition) is 1. The van der Waals surface area contributed by atoms with Crippen LogP contribution in [0.1, 0.15) is 41.5 Å². The predicted octanol–water partition coefficient (Wildman–Crippen LogP) is 4.13. The van der Waals surface area contributed by atoms with E-state index in [4.69, 9.17) is 0 Å². The molecule has 1 N–H and O–H groups in total. The summed E-state index contributed by atoms with van der Waals surface area (Å²) in [4.78, 5) is 15.2. The molecule has 0 aliphatic carbocycles. The van der Waals surface area contributed by atoms with Crippen LogP contribution < -0.4 is 5.32 Å². The Morgan fingerprint density at radius 2 is 1.76 bits per heavy atom. The van der Waals surface area contributed by atoms with Gasteiger partial charge in [-0.1, -0.05) is 44.2 Å². The summed E-state index contributed by atoms with van der Waals surface area (Å²) >= 11 is 0. The van der Waals surface area contributed by atoms with E-state index in [-0.39, 0.29) is 17.8 Å². The number of nitrogens with zero attached hydrogens (tertiary/aromatic N) is 3. The fourth-order valence-corrected chi connectivity index (χ4v) is 3.56. The number of carbonyl (C=O) groups is 1. The van der Waals surface area contributed by atoms with Crippen LogP contribution in [0.4, 0.5) is 4.39 Å². The first-order chi connectivity index (χ1) is 14.0. The molecule has 2 aromatic carbocycles. The molecule has 1 amide bonds. The minimum Gasteiger partial charge on any atom is -0.350 e. The fourth-order valence-electron chi connectivity index (χ4n) is 3.56. The molecule has 152 valence electrons. The Bertz CT molecular complexity index is 933. The largest absolute Gasteiger partial charge is 0.350 e. The highest BCUT2D eigenvalue weighted by Crippen LogP contribution is 2.20. The Hall–Kier alpha value is -2.99. The topological polar surface area (TPSA) is 50.2 Å². The third-order valence-corrected chi connectivity index (χ3v) is 5.22. The molecular formula is C23H27FN4O. The number of amides is 1. The summed E-state index contributed by atoms with van der Waals surface area (Å²) in [5, 5.41) is 7.38. The maximum absolute atomic E-state index is 13.2. The Morgan fingerprint density at radius 3 is 2.38 bits per heavy atom. The van der Waals surface area contributed by atoms with Gasteiger partial charge in [-0.3, -0.25) is 9.69 Å². The highest BCUT2D eigenvalue weighted by molar-refractivity contribution is 5.95. The molecular weight excluding hydrogens is 367 g/mol. The molecule has 0 saturated heterocycles. The van der Waals surface area contributed by atoms with Gasteiger partial charge >= 0.3 is 0 Å². The number of likely N-dealkylation sites (N-methyl/N-ethyl adjacent to an activating group) is 1. The average Bonchev–Trinajstić information content (AvgIpc) is 3.13. The zero-order valence-corrected chi connectivity index (χ0v) is 17.1. The van der Waals surface area contributed by atoms with Crippen molar-refractivity contribution in [1.29, 1.82) is 0 Å². The predicted molar refractivity (Wildman–Crippen MR) is 113 cm³/mol. The lowest BCUT2D eigenvalue weighted by atomic mass is 10.0. The van der Waals surface area contributed by atoms with Gasteiger partial charge in [-0.25, -0.2) is 9.07 Å². The monoisotopic (exact) mass is 394 g/mol. The lowest BCUT2D eigenvalue weighted by Gasteiger charge is -2.30. The van der Waals surface area contributed by atoms with Crippen molar-refractivity contribution in [3.8, 4) is 5.69 Å². The molecule has 0 aliphatic heterocycles.